The van der Waals surface area contributed by atoms with Gasteiger partial charge in [-0.1, -0.05) is 29.3 Å². The number of ether oxygens (including phenoxy) is 2. The number of benzene rings is 2. The highest BCUT2D eigenvalue weighted by Gasteiger charge is 2.16. The third-order valence-corrected chi connectivity index (χ3v) is 3.95. The molecule has 2 aromatic carbocycles. The molecular formula is C15H13Cl3O2. The summed E-state index contributed by atoms with van der Waals surface area (Å²) in [6, 6.07) is 10.7. The Bertz CT molecular complexity index is 592. The van der Waals surface area contributed by atoms with Gasteiger partial charge in [-0.15, -0.1) is 11.6 Å². The van der Waals surface area contributed by atoms with Crippen LogP contribution in [0.15, 0.2) is 36.4 Å². The second-order valence-corrected chi connectivity index (χ2v) is 5.45. The van der Waals surface area contributed by atoms with E-state index >= 15 is 0 Å². The minimum Gasteiger partial charge on any atom is -0.497 e. The smallest absolute Gasteiger partial charge is 0.122 e. The van der Waals surface area contributed by atoms with Crippen molar-refractivity contribution in [2.45, 2.75) is 5.38 Å². The van der Waals surface area contributed by atoms with Crippen LogP contribution in [0.2, 0.25) is 10.0 Å². The maximum Gasteiger partial charge on any atom is 0.122 e. The largest absolute Gasteiger partial charge is 0.497 e. The number of hydrogen-bond acceptors (Lipinski definition) is 2. The van der Waals surface area contributed by atoms with Gasteiger partial charge in [0.15, 0.2) is 0 Å². The highest BCUT2D eigenvalue weighted by Crippen LogP contribution is 2.37. The normalized spacial score (nSPS) is 12.1. The lowest BCUT2D eigenvalue weighted by atomic mass is 10.0. The molecule has 1 unspecified atom stereocenters. The number of rotatable bonds is 4. The number of halogens is 3. The van der Waals surface area contributed by atoms with Gasteiger partial charge in [-0.3, -0.25) is 0 Å². The first-order chi connectivity index (χ1) is 9.55. The third kappa shape index (κ3) is 3.32. The Kier molecular flexibility index (Phi) is 5.03. The lowest BCUT2D eigenvalue weighted by Crippen LogP contribution is -1.97. The minimum atomic E-state index is -0.413. The first kappa shape index (κ1) is 15.3. The van der Waals surface area contributed by atoms with Crippen LogP contribution in [-0.4, -0.2) is 14.2 Å². The molecule has 0 spiro atoms. The first-order valence-electron chi connectivity index (χ1n) is 5.87. The molecule has 0 aromatic heterocycles. The molecule has 5 heteroatoms. The molecule has 0 amide bonds. The first-order valence-corrected chi connectivity index (χ1v) is 7.06. The van der Waals surface area contributed by atoms with Crippen molar-refractivity contribution in [2.24, 2.45) is 0 Å². The topological polar surface area (TPSA) is 18.5 Å². The molecule has 0 aliphatic heterocycles. The van der Waals surface area contributed by atoms with Crippen molar-refractivity contribution in [1.82, 2.24) is 0 Å². The molecule has 0 fully saturated rings. The van der Waals surface area contributed by atoms with Gasteiger partial charge in [0.05, 0.1) is 19.6 Å². The molecule has 0 saturated carbocycles. The van der Waals surface area contributed by atoms with Crippen LogP contribution in [0.1, 0.15) is 16.5 Å². The fourth-order valence-corrected chi connectivity index (χ4v) is 2.75. The second kappa shape index (κ2) is 6.57. The zero-order valence-corrected chi connectivity index (χ0v) is 13.3. The third-order valence-electron chi connectivity index (χ3n) is 2.90. The van der Waals surface area contributed by atoms with Crippen LogP contribution in [0, 0.1) is 0 Å². The summed E-state index contributed by atoms with van der Waals surface area (Å²) in [6.07, 6.45) is 0. The molecule has 2 nitrogen and oxygen atoms in total. The highest BCUT2D eigenvalue weighted by atomic mass is 35.5. The zero-order valence-electron chi connectivity index (χ0n) is 11.0. The van der Waals surface area contributed by atoms with Crippen molar-refractivity contribution in [3.8, 4) is 11.5 Å². The van der Waals surface area contributed by atoms with Gasteiger partial charge in [0.2, 0.25) is 0 Å². The van der Waals surface area contributed by atoms with Crippen molar-refractivity contribution in [3.05, 3.63) is 57.6 Å². The summed E-state index contributed by atoms with van der Waals surface area (Å²) in [4.78, 5) is 0. The number of hydrogen-bond donors (Lipinski definition) is 0. The Hall–Kier alpha value is -1.09. The van der Waals surface area contributed by atoms with E-state index in [1.165, 1.54) is 0 Å². The maximum atomic E-state index is 6.51. The van der Waals surface area contributed by atoms with Crippen molar-refractivity contribution >= 4 is 34.8 Å². The van der Waals surface area contributed by atoms with E-state index in [0.29, 0.717) is 21.5 Å². The van der Waals surface area contributed by atoms with Crippen molar-refractivity contribution in [3.63, 3.8) is 0 Å². The van der Waals surface area contributed by atoms with Crippen LogP contribution < -0.4 is 9.47 Å². The van der Waals surface area contributed by atoms with Crippen LogP contribution in [0.5, 0.6) is 11.5 Å². The molecule has 106 valence electrons. The monoisotopic (exact) mass is 330 g/mol. The summed E-state index contributed by atoms with van der Waals surface area (Å²) in [5, 5.41) is 0.689. The van der Waals surface area contributed by atoms with E-state index in [4.69, 9.17) is 44.3 Å². The molecule has 0 aliphatic carbocycles. The van der Waals surface area contributed by atoms with Gasteiger partial charge >= 0.3 is 0 Å². The standard InChI is InChI=1S/C15H13Cl3O2/c1-19-11-5-9(6-12(8-11)20-2)15(18)13-4-3-10(16)7-14(13)17/h3-8,15H,1-2H3. The van der Waals surface area contributed by atoms with Gasteiger partial charge < -0.3 is 9.47 Å². The van der Waals surface area contributed by atoms with E-state index in [1.807, 2.05) is 18.2 Å². The van der Waals surface area contributed by atoms with E-state index in [9.17, 15) is 0 Å². The van der Waals surface area contributed by atoms with Gasteiger partial charge in [-0.2, -0.15) is 0 Å². The summed E-state index contributed by atoms with van der Waals surface area (Å²) in [7, 11) is 3.19. The minimum absolute atomic E-state index is 0.413. The van der Waals surface area contributed by atoms with Crippen LogP contribution in [-0.2, 0) is 0 Å². The Labute approximate surface area is 133 Å². The van der Waals surface area contributed by atoms with Gasteiger partial charge in [0, 0.05) is 16.1 Å². The summed E-state index contributed by atoms with van der Waals surface area (Å²) < 4.78 is 10.5. The molecule has 2 aromatic rings. The predicted molar refractivity (Wildman–Crippen MR) is 83.7 cm³/mol. The van der Waals surface area contributed by atoms with Crippen molar-refractivity contribution in [2.75, 3.05) is 14.2 Å². The summed E-state index contributed by atoms with van der Waals surface area (Å²) in [5.41, 5.74) is 1.63. The summed E-state index contributed by atoms with van der Waals surface area (Å²) >= 11 is 18.6. The van der Waals surface area contributed by atoms with Gasteiger partial charge in [-0.05, 0) is 35.4 Å². The molecule has 0 heterocycles. The quantitative estimate of drug-likeness (QED) is 0.704. The number of methoxy groups -OCH3 is 2. The van der Waals surface area contributed by atoms with Crippen LogP contribution >= 0.6 is 34.8 Å². The molecule has 0 bridgehead atoms. The van der Waals surface area contributed by atoms with E-state index in [1.54, 1.807) is 32.4 Å². The van der Waals surface area contributed by atoms with Crippen LogP contribution in [0.25, 0.3) is 0 Å². The number of alkyl halides is 1. The lowest BCUT2D eigenvalue weighted by Gasteiger charge is -2.15. The van der Waals surface area contributed by atoms with Gasteiger partial charge in [0.25, 0.3) is 0 Å². The maximum absolute atomic E-state index is 6.51. The molecular weight excluding hydrogens is 319 g/mol. The highest BCUT2D eigenvalue weighted by molar-refractivity contribution is 6.36. The van der Waals surface area contributed by atoms with E-state index < -0.39 is 5.38 Å². The van der Waals surface area contributed by atoms with Gasteiger partial charge in [0.1, 0.15) is 11.5 Å². The van der Waals surface area contributed by atoms with Crippen LogP contribution in [0.3, 0.4) is 0 Å². The average Bonchev–Trinajstić information content (AvgIpc) is 2.46. The van der Waals surface area contributed by atoms with E-state index in [-0.39, 0.29) is 0 Å². The molecule has 0 N–H and O–H groups in total. The Morgan fingerprint density at radius 1 is 0.900 bits per heavy atom. The van der Waals surface area contributed by atoms with Crippen molar-refractivity contribution < 1.29 is 9.47 Å². The zero-order chi connectivity index (χ0) is 14.7. The average molecular weight is 332 g/mol. The Morgan fingerprint density at radius 2 is 1.50 bits per heavy atom. The molecule has 0 saturated heterocycles. The fraction of sp³-hybridized carbons (Fsp3) is 0.200. The Morgan fingerprint density at radius 3 is 2.00 bits per heavy atom. The lowest BCUT2D eigenvalue weighted by molar-refractivity contribution is 0.393. The predicted octanol–water partition coefficient (Wildman–Crippen LogP) is 5.34. The Balaban J connectivity index is 2.44. The van der Waals surface area contributed by atoms with E-state index in [0.717, 1.165) is 11.1 Å². The molecule has 2 rings (SSSR count). The molecule has 0 aliphatic rings. The van der Waals surface area contributed by atoms with Crippen molar-refractivity contribution in [1.29, 1.82) is 0 Å². The molecule has 20 heavy (non-hydrogen) atoms. The molecule has 0 radical (unpaired) electrons. The van der Waals surface area contributed by atoms with E-state index in [2.05, 4.69) is 0 Å². The summed E-state index contributed by atoms with van der Waals surface area (Å²) in [5.74, 6) is 1.35. The molecule has 1 atom stereocenters. The summed E-state index contributed by atoms with van der Waals surface area (Å²) in [6.45, 7) is 0. The van der Waals surface area contributed by atoms with Gasteiger partial charge in [-0.25, -0.2) is 0 Å². The SMILES string of the molecule is COc1cc(OC)cc(C(Cl)c2ccc(Cl)cc2Cl)c1. The van der Waals surface area contributed by atoms with Crippen LogP contribution in [0.4, 0.5) is 0 Å². The second-order valence-electron chi connectivity index (χ2n) is 4.17. The fourth-order valence-electron chi connectivity index (χ4n) is 1.86.